The van der Waals surface area contributed by atoms with Gasteiger partial charge < -0.3 is 10.2 Å². The van der Waals surface area contributed by atoms with Crippen LogP contribution in [-0.2, 0) is 26.2 Å². The predicted molar refractivity (Wildman–Crippen MR) is 143 cm³/mol. The second-order valence-corrected chi connectivity index (χ2v) is 11.4. The van der Waals surface area contributed by atoms with Crippen LogP contribution < -0.4 is 9.62 Å². The van der Waals surface area contributed by atoms with Gasteiger partial charge >= 0.3 is 0 Å². The van der Waals surface area contributed by atoms with Gasteiger partial charge in [0.2, 0.25) is 21.8 Å². The van der Waals surface area contributed by atoms with E-state index in [0.717, 1.165) is 17.0 Å². The molecule has 1 N–H and O–H groups in total. The Balaban J connectivity index is 2.46. The number of hydrogen-bond donors (Lipinski definition) is 1. The lowest BCUT2D eigenvalue weighted by Crippen LogP contribution is -2.53. The Morgan fingerprint density at radius 2 is 1.69 bits per heavy atom. The number of halogens is 3. The molecule has 0 saturated heterocycles. The Morgan fingerprint density at radius 3 is 2.23 bits per heavy atom. The van der Waals surface area contributed by atoms with E-state index in [1.165, 1.54) is 11.0 Å². The minimum absolute atomic E-state index is 0.0370. The number of benzene rings is 2. The highest BCUT2D eigenvalue weighted by Gasteiger charge is 2.32. The first-order valence-corrected chi connectivity index (χ1v) is 14.1. The van der Waals surface area contributed by atoms with Crippen molar-refractivity contribution in [3.05, 3.63) is 63.1 Å². The maximum absolute atomic E-state index is 13.6. The molecule has 2 atom stereocenters. The summed E-state index contributed by atoms with van der Waals surface area (Å²) in [5.41, 5.74) is 0.899. The summed E-state index contributed by atoms with van der Waals surface area (Å²) in [6.07, 6.45) is 2.06. The van der Waals surface area contributed by atoms with Crippen LogP contribution in [0.5, 0.6) is 0 Å². The van der Waals surface area contributed by atoms with Gasteiger partial charge in [-0.05, 0) is 55.7 Å². The lowest BCUT2D eigenvalue weighted by molar-refractivity contribution is -0.140. The van der Waals surface area contributed by atoms with Crippen molar-refractivity contribution >= 4 is 62.3 Å². The summed E-state index contributed by atoms with van der Waals surface area (Å²) in [4.78, 5) is 28.1. The SMILES string of the molecule is CCC(C)NC(=O)C(CC)N(Cc1ccc(Cl)c(Cl)c1)C(=O)CN(c1cccc(Cl)c1)S(C)(=O)=O. The summed E-state index contributed by atoms with van der Waals surface area (Å²) in [5, 5.41) is 3.92. The van der Waals surface area contributed by atoms with Gasteiger partial charge in [0.25, 0.3) is 0 Å². The van der Waals surface area contributed by atoms with Crippen molar-refractivity contribution in [2.24, 2.45) is 0 Å². The maximum Gasteiger partial charge on any atom is 0.244 e. The van der Waals surface area contributed by atoms with E-state index >= 15 is 0 Å². The van der Waals surface area contributed by atoms with Gasteiger partial charge in [-0.2, -0.15) is 0 Å². The fraction of sp³-hybridized carbons (Fsp3) is 0.417. The topological polar surface area (TPSA) is 86.8 Å². The molecule has 0 aliphatic heterocycles. The quantitative estimate of drug-likeness (QED) is 0.411. The molecule has 0 radical (unpaired) electrons. The van der Waals surface area contributed by atoms with Crippen LogP contribution in [0.25, 0.3) is 0 Å². The van der Waals surface area contributed by atoms with E-state index in [0.29, 0.717) is 27.1 Å². The van der Waals surface area contributed by atoms with E-state index in [2.05, 4.69) is 5.32 Å². The summed E-state index contributed by atoms with van der Waals surface area (Å²) in [6.45, 7) is 5.14. The van der Waals surface area contributed by atoms with Crippen molar-refractivity contribution in [2.75, 3.05) is 17.1 Å². The standard InChI is InChI=1S/C24H30Cl3N3O4S/c1-5-16(3)28-24(32)22(6-2)29(14-17-10-11-20(26)21(27)12-17)23(31)15-30(35(4,33)34)19-9-7-8-18(25)13-19/h7-13,16,22H,5-6,14-15H2,1-4H3,(H,28,32). The first-order valence-electron chi connectivity index (χ1n) is 11.1. The van der Waals surface area contributed by atoms with Gasteiger partial charge in [0.15, 0.2) is 0 Å². The molecule has 11 heteroatoms. The summed E-state index contributed by atoms with van der Waals surface area (Å²) >= 11 is 18.3. The number of rotatable bonds is 11. The van der Waals surface area contributed by atoms with Crippen LogP contribution >= 0.6 is 34.8 Å². The molecule has 2 rings (SSSR count). The molecular weight excluding hydrogens is 533 g/mol. The van der Waals surface area contributed by atoms with E-state index in [9.17, 15) is 18.0 Å². The normalized spacial score (nSPS) is 13.1. The number of nitrogens with one attached hydrogen (secondary N) is 1. The molecule has 2 aromatic carbocycles. The number of hydrogen-bond acceptors (Lipinski definition) is 4. The largest absolute Gasteiger partial charge is 0.352 e. The summed E-state index contributed by atoms with van der Waals surface area (Å²) in [7, 11) is -3.84. The molecule has 0 aliphatic rings. The van der Waals surface area contributed by atoms with Crippen LogP contribution in [0.4, 0.5) is 5.69 Å². The molecule has 192 valence electrons. The molecule has 2 unspecified atom stereocenters. The third-order valence-electron chi connectivity index (χ3n) is 5.50. The summed E-state index contributed by atoms with van der Waals surface area (Å²) in [5.74, 6) is -0.864. The lowest BCUT2D eigenvalue weighted by Gasteiger charge is -2.33. The third-order valence-corrected chi connectivity index (χ3v) is 7.61. The van der Waals surface area contributed by atoms with Gasteiger partial charge in [-0.25, -0.2) is 8.42 Å². The zero-order chi connectivity index (χ0) is 26.3. The van der Waals surface area contributed by atoms with E-state index in [1.54, 1.807) is 43.3 Å². The second kappa shape index (κ2) is 12.8. The van der Waals surface area contributed by atoms with Gasteiger partial charge in [0, 0.05) is 17.6 Å². The molecular formula is C24H30Cl3N3O4S. The van der Waals surface area contributed by atoms with Gasteiger partial charge in [-0.1, -0.05) is 60.8 Å². The minimum atomic E-state index is -3.84. The minimum Gasteiger partial charge on any atom is -0.352 e. The van der Waals surface area contributed by atoms with E-state index in [4.69, 9.17) is 34.8 Å². The van der Waals surface area contributed by atoms with Crippen LogP contribution in [0.2, 0.25) is 15.1 Å². The van der Waals surface area contributed by atoms with Gasteiger partial charge in [-0.3, -0.25) is 13.9 Å². The van der Waals surface area contributed by atoms with Crippen molar-refractivity contribution in [1.29, 1.82) is 0 Å². The molecule has 0 aromatic heterocycles. The number of nitrogens with zero attached hydrogens (tertiary/aromatic N) is 2. The predicted octanol–water partition coefficient (Wildman–Crippen LogP) is 5.13. The first-order chi connectivity index (χ1) is 16.4. The fourth-order valence-corrected chi connectivity index (χ4v) is 4.79. The molecule has 0 saturated carbocycles. The summed E-state index contributed by atoms with van der Waals surface area (Å²) in [6, 6.07) is 10.2. The average molecular weight is 563 g/mol. The Morgan fingerprint density at radius 1 is 1.00 bits per heavy atom. The van der Waals surface area contributed by atoms with Gasteiger partial charge in [0.1, 0.15) is 12.6 Å². The summed E-state index contributed by atoms with van der Waals surface area (Å²) < 4.78 is 26.2. The number of sulfonamides is 1. The number of anilines is 1. The molecule has 7 nitrogen and oxygen atoms in total. The van der Waals surface area contributed by atoms with Crippen molar-refractivity contribution < 1.29 is 18.0 Å². The number of carbonyl (C=O) groups excluding carboxylic acids is 2. The first kappa shape index (κ1) is 29.2. The van der Waals surface area contributed by atoms with Crippen LogP contribution in [0.1, 0.15) is 39.2 Å². The average Bonchev–Trinajstić information content (AvgIpc) is 2.78. The van der Waals surface area contributed by atoms with E-state index < -0.39 is 28.5 Å². The zero-order valence-electron chi connectivity index (χ0n) is 20.1. The van der Waals surface area contributed by atoms with Crippen molar-refractivity contribution in [2.45, 2.75) is 52.2 Å². The number of carbonyl (C=O) groups is 2. The molecule has 0 heterocycles. The smallest absolute Gasteiger partial charge is 0.244 e. The van der Waals surface area contributed by atoms with Gasteiger partial charge in [0.05, 0.1) is 22.0 Å². The van der Waals surface area contributed by atoms with E-state index in [1.807, 2.05) is 13.8 Å². The van der Waals surface area contributed by atoms with Gasteiger partial charge in [-0.15, -0.1) is 0 Å². The Bertz CT molecular complexity index is 1160. The molecule has 0 fully saturated rings. The molecule has 2 aromatic rings. The monoisotopic (exact) mass is 561 g/mol. The van der Waals surface area contributed by atoms with Crippen LogP contribution in [0.15, 0.2) is 42.5 Å². The van der Waals surface area contributed by atoms with Crippen molar-refractivity contribution in [1.82, 2.24) is 10.2 Å². The number of amides is 2. The molecule has 35 heavy (non-hydrogen) atoms. The Hall–Kier alpha value is -2.00. The highest BCUT2D eigenvalue weighted by molar-refractivity contribution is 7.92. The highest BCUT2D eigenvalue weighted by Crippen LogP contribution is 2.25. The molecule has 0 aliphatic carbocycles. The zero-order valence-corrected chi connectivity index (χ0v) is 23.2. The molecule has 0 bridgehead atoms. The van der Waals surface area contributed by atoms with Crippen LogP contribution in [0, 0.1) is 0 Å². The molecule has 2 amide bonds. The van der Waals surface area contributed by atoms with Crippen molar-refractivity contribution in [3.63, 3.8) is 0 Å². The Kier molecular flexibility index (Phi) is 10.7. The van der Waals surface area contributed by atoms with E-state index in [-0.39, 0.29) is 24.2 Å². The molecule has 0 spiro atoms. The third kappa shape index (κ3) is 8.27. The fourth-order valence-electron chi connectivity index (χ4n) is 3.44. The maximum atomic E-state index is 13.6. The Labute approximate surface area is 222 Å². The van der Waals surface area contributed by atoms with Crippen molar-refractivity contribution in [3.8, 4) is 0 Å². The lowest BCUT2D eigenvalue weighted by atomic mass is 10.1. The van der Waals surface area contributed by atoms with Crippen LogP contribution in [0.3, 0.4) is 0 Å². The highest BCUT2D eigenvalue weighted by atomic mass is 35.5. The van der Waals surface area contributed by atoms with Crippen LogP contribution in [-0.4, -0.2) is 50.0 Å². The second-order valence-electron chi connectivity index (χ2n) is 8.26.